The smallest absolute Gasteiger partial charge is 0.328 e. The maximum Gasteiger partial charge on any atom is 0.328 e. The summed E-state index contributed by atoms with van der Waals surface area (Å²) in [6.45, 7) is 5.62. The van der Waals surface area contributed by atoms with Crippen molar-refractivity contribution in [3.8, 4) is 0 Å². The minimum Gasteiger partial charge on any atom is -0.480 e. The van der Waals surface area contributed by atoms with Crippen LogP contribution in [0, 0.1) is 28.6 Å². The number of amides is 1. The Morgan fingerprint density at radius 1 is 1.18 bits per heavy atom. The molecule has 33 heavy (non-hydrogen) atoms. The van der Waals surface area contributed by atoms with Crippen molar-refractivity contribution in [3.05, 3.63) is 11.6 Å². The monoisotopic (exact) mass is 462 g/mol. The van der Waals surface area contributed by atoms with E-state index in [1.807, 2.05) is 0 Å². The molecule has 0 radical (unpaired) electrons. The first-order valence-electron chi connectivity index (χ1n) is 12.3. The van der Waals surface area contributed by atoms with Crippen LogP contribution in [0.4, 0.5) is 0 Å². The van der Waals surface area contributed by atoms with Gasteiger partial charge in [0.1, 0.15) is 0 Å². The van der Waals surface area contributed by atoms with Crippen LogP contribution in [0.15, 0.2) is 16.8 Å². The normalized spacial score (nSPS) is 40.6. The molecule has 0 aromatic heterocycles. The van der Waals surface area contributed by atoms with Crippen molar-refractivity contribution in [2.45, 2.75) is 90.4 Å². The highest BCUT2D eigenvalue weighted by Crippen LogP contribution is 2.65. The first-order chi connectivity index (χ1) is 15.6. The summed E-state index contributed by atoms with van der Waals surface area (Å²) in [6.07, 6.45) is 9.11. The number of aliphatic hydroxyl groups excluding tert-OH is 2. The third-order valence-corrected chi connectivity index (χ3v) is 9.37. The third-order valence-electron chi connectivity index (χ3n) is 9.37. The summed E-state index contributed by atoms with van der Waals surface area (Å²) in [5.74, 6) is 0.00935. The van der Waals surface area contributed by atoms with Gasteiger partial charge in [-0.1, -0.05) is 24.6 Å². The Morgan fingerprint density at radius 3 is 2.64 bits per heavy atom. The van der Waals surface area contributed by atoms with E-state index in [-0.39, 0.29) is 16.9 Å². The first kappa shape index (κ1) is 24.2. The van der Waals surface area contributed by atoms with Gasteiger partial charge in [0.2, 0.25) is 0 Å². The molecule has 8 atom stereocenters. The van der Waals surface area contributed by atoms with E-state index in [0.29, 0.717) is 17.8 Å². The minimum absolute atomic E-state index is 0.0852. The van der Waals surface area contributed by atoms with Crippen LogP contribution in [-0.2, 0) is 14.4 Å². The molecular formula is C25H38N2O6. The van der Waals surface area contributed by atoms with Crippen LogP contribution in [-0.4, -0.2) is 57.8 Å². The van der Waals surface area contributed by atoms with E-state index in [9.17, 15) is 19.8 Å². The Kier molecular flexibility index (Phi) is 6.62. The summed E-state index contributed by atoms with van der Waals surface area (Å²) >= 11 is 0. The minimum atomic E-state index is -1.38. The molecule has 0 aliphatic heterocycles. The average molecular weight is 463 g/mol. The highest BCUT2D eigenvalue weighted by Gasteiger charge is 2.58. The lowest BCUT2D eigenvalue weighted by Gasteiger charge is -2.57. The predicted molar refractivity (Wildman–Crippen MR) is 122 cm³/mol. The van der Waals surface area contributed by atoms with E-state index < -0.39 is 30.6 Å². The lowest BCUT2D eigenvalue weighted by Crippen LogP contribution is -2.51. The molecule has 0 saturated heterocycles. The zero-order valence-corrected chi connectivity index (χ0v) is 19.9. The maximum atomic E-state index is 12.0. The van der Waals surface area contributed by atoms with Gasteiger partial charge in [-0.15, -0.1) is 0 Å². The molecule has 1 amide bonds. The van der Waals surface area contributed by atoms with Gasteiger partial charge in [0.15, 0.2) is 12.6 Å². The number of carboxylic acid groups (broad SMARTS) is 1. The fourth-order valence-corrected chi connectivity index (χ4v) is 7.39. The number of carbonyl (C=O) groups is 2. The molecular weight excluding hydrogens is 424 g/mol. The fraction of sp³-hybridized carbons (Fsp3) is 0.800. The number of aliphatic carboxylic acids is 1. The first-order valence-corrected chi connectivity index (χ1v) is 12.3. The van der Waals surface area contributed by atoms with Crippen LogP contribution in [0.25, 0.3) is 0 Å². The molecule has 0 heterocycles. The van der Waals surface area contributed by atoms with E-state index >= 15 is 0 Å². The van der Waals surface area contributed by atoms with Gasteiger partial charge in [0.05, 0.1) is 17.9 Å². The van der Waals surface area contributed by atoms with Crippen LogP contribution in [0.2, 0.25) is 0 Å². The van der Waals surface area contributed by atoms with Crippen molar-refractivity contribution in [2.75, 3.05) is 6.61 Å². The van der Waals surface area contributed by atoms with Crippen LogP contribution < -0.4 is 5.32 Å². The number of allylic oxidation sites excluding steroid dienone is 2. The number of hydrogen-bond acceptors (Lipinski definition) is 6. The van der Waals surface area contributed by atoms with Crippen molar-refractivity contribution in [1.29, 1.82) is 0 Å². The van der Waals surface area contributed by atoms with Crippen molar-refractivity contribution in [3.63, 3.8) is 0 Å². The van der Waals surface area contributed by atoms with Gasteiger partial charge in [0.25, 0.3) is 5.91 Å². The van der Waals surface area contributed by atoms with Gasteiger partial charge in [0, 0.05) is 0 Å². The van der Waals surface area contributed by atoms with Crippen LogP contribution in [0.1, 0.15) is 72.1 Å². The topological polar surface area (TPSA) is 128 Å². The summed E-state index contributed by atoms with van der Waals surface area (Å²) in [6, 6.07) is -1.38. The SMILES string of the molecule is C[C@@H](O)[C@H](NC(=O)CO/N=C1\C=C2CC[C@H]3[C@H]4CC[C@H](O)[C@@]4(C)CC[C@H]3[C@@]2(C)CC1)C(=O)O. The van der Waals surface area contributed by atoms with Gasteiger partial charge < -0.3 is 25.5 Å². The zero-order chi connectivity index (χ0) is 24.0. The average Bonchev–Trinajstić information content (AvgIpc) is 3.06. The highest BCUT2D eigenvalue weighted by molar-refractivity contribution is 5.96. The molecule has 3 fully saturated rings. The van der Waals surface area contributed by atoms with E-state index in [1.165, 1.54) is 18.9 Å². The van der Waals surface area contributed by atoms with Crippen LogP contribution in [0.5, 0.6) is 0 Å². The molecule has 0 bridgehead atoms. The molecule has 0 spiro atoms. The van der Waals surface area contributed by atoms with E-state index in [1.54, 1.807) is 0 Å². The molecule has 3 saturated carbocycles. The number of aliphatic hydroxyl groups is 2. The van der Waals surface area contributed by atoms with E-state index in [0.717, 1.165) is 50.7 Å². The number of carbonyl (C=O) groups excluding carboxylic acids is 1. The number of oxime groups is 1. The molecule has 8 nitrogen and oxygen atoms in total. The lowest BCUT2D eigenvalue weighted by atomic mass is 9.47. The van der Waals surface area contributed by atoms with E-state index in [4.69, 9.17) is 9.94 Å². The second-order valence-electron chi connectivity index (χ2n) is 11.1. The summed E-state index contributed by atoms with van der Waals surface area (Å²) in [5, 5.41) is 35.5. The number of fused-ring (bicyclic) bond motifs is 5. The Hall–Kier alpha value is -1.93. The van der Waals surface area contributed by atoms with Crippen molar-refractivity contribution in [2.24, 2.45) is 33.7 Å². The fourth-order valence-electron chi connectivity index (χ4n) is 7.39. The molecule has 8 heteroatoms. The van der Waals surface area contributed by atoms with Gasteiger partial charge in [-0.05, 0) is 93.0 Å². The Morgan fingerprint density at radius 2 is 1.94 bits per heavy atom. The van der Waals surface area contributed by atoms with Gasteiger partial charge in [-0.3, -0.25) is 4.79 Å². The molecule has 0 aromatic rings. The maximum absolute atomic E-state index is 12.0. The summed E-state index contributed by atoms with van der Waals surface area (Å²) in [7, 11) is 0. The van der Waals surface area contributed by atoms with E-state index in [2.05, 4.69) is 30.4 Å². The second kappa shape index (κ2) is 9.02. The molecule has 184 valence electrons. The number of rotatable bonds is 6. The van der Waals surface area contributed by atoms with Gasteiger partial charge in [-0.25, -0.2) is 4.79 Å². The van der Waals surface area contributed by atoms with Gasteiger partial charge >= 0.3 is 5.97 Å². The molecule has 4 rings (SSSR count). The van der Waals surface area contributed by atoms with Crippen molar-refractivity contribution >= 4 is 17.6 Å². The summed E-state index contributed by atoms with van der Waals surface area (Å²) in [5.41, 5.74) is 2.47. The number of hydrogen-bond donors (Lipinski definition) is 4. The highest BCUT2D eigenvalue weighted by atomic mass is 16.6. The Labute approximate surface area is 195 Å². The molecule has 4 N–H and O–H groups in total. The quantitative estimate of drug-likeness (QED) is 0.449. The standard InChI is InChI=1S/C25H38N2O6/c1-14(28)22(23(31)32)26-21(30)13-33-27-16-8-10-24(2)15(12-16)4-5-17-18-6-7-20(29)25(18,3)11-9-19(17)24/h12,14,17-20,22,28-29H,4-11,13H2,1-3H3,(H,26,30)(H,31,32)/b27-16-/t14-,17+,18-,19-,20+,22+,24+,25+/m1/s1. The second-order valence-corrected chi connectivity index (χ2v) is 11.1. The predicted octanol–water partition coefficient (Wildman–Crippen LogP) is 2.63. The third kappa shape index (κ3) is 4.32. The number of carboxylic acids is 1. The Bertz CT molecular complexity index is 854. The number of nitrogens with zero attached hydrogens (tertiary/aromatic N) is 1. The molecule has 4 aliphatic rings. The molecule has 4 aliphatic carbocycles. The van der Waals surface area contributed by atoms with Crippen molar-refractivity contribution in [1.82, 2.24) is 5.32 Å². The number of nitrogens with one attached hydrogen (secondary N) is 1. The summed E-state index contributed by atoms with van der Waals surface area (Å²) < 4.78 is 0. The Balaban J connectivity index is 1.39. The van der Waals surface area contributed by atoms with Gasteiger partial charge in [-0.2, -0.15) is 0 Å². The molecule has 0 unspecified atom stereocenters. The molecule has 0 aromatic carbocycles. The van der Waals surface area contributed by atoms with Crippen LogP contribution >= 0.6 is 0 Å². The van der Waals surface area contributed by atoms with Crippen LogP contribution in [0.3, 0.4) is 0 Å². The van der Waals surface area contributed by atoms with Crippen molar-refractivity contribution < 1.29 is 29.7 Å². The lowest BCUT2D eigenvalue weighted by molar-refractivity contribution is -0.145. The largest absolute Gasteiger partial charge is 0.480 e. The zero-order valence-electron chi connectivity index (χ0n) is 19.9. The summed E-state index contributed by atoms with van der Waals surface area (Å²) in [4.78, 5) is 28.3.